The summed E-state index contributed by atoms with van der Waals surface area (Å²) in [6.07, 6.45) is 0. The molecule has 1 aliphatic heterocycles. The van der Waals surface area contributed by atoms with Gasteiger partial charge < -0.3 is 10.4 Å². The summed E-state index contributed by atoms with van der Waals surface area (Å²) < 4.78 is 0. The number of amides is 2. The Bertz CT molecular complexity index is 607. The Morgan fingerprint density at radius 2 is 1.95 bits per heavy atom. The summed E-state index contributed by atoms with van der Waals surface area (Å²) in [4.78, 5) is 35.1. The first-order chi connectivity index (χ1) is 8.91. The van der Waals surface area contributed by atoms with E-state index < -0.39 is 5.97 Å². The summed E-state index contributed by atoms with van der Waals surface area (Å²) >= 11 is 0. The summed E-state index contributed by atoms with van der Waals surface area (Å²) in [5.74, 6) is -1.78. The quantitative estimate of drug-likeness (QED) is 0.622. The number of nitrogens with zero attached hydrogens (tertiary/aromatic N) is 1. The third-order valence-electron chi connectivity index (χ3n) is 2.90. The molecule has 19 heavy (non-hydrogen) atoms. The molecule has 2 N–H and O–H groups in total. The molecule has 6 heteroatoms. The predicted molar refractivity (Wildman–Crippen MR) is 68.1 cm³/mol. The van der Waals surface area contributed by atoms with E-state index in [-0.39, 0.29) is 23.9 Å². The molecule has 1 aliphatic rings. The Morgan fingerprint density at radius 3 is 2.58 bits per heavy atom. The van der Waals surface area contributed by atoms with E-state index in [0.29, 0.717) is 16.8 Å². The number of hydrogen-bond donors (Lipinski definition) is 2. The third kappa shape index (κ3) is 2.20. The average Bonchev–Trinajstić information content (AvgIpc) is 2.61. The van der Waals surface area contributed by atoms with Crippen molar-refractivity contribution in [2.24, 2.45) is 0 Å². The minimum absolute atomic E-state index is 0.0139. The van der Waals surface area contributed by atoms with Gasteiger partial charge in [0.25, 0.3) is 11.8 Å². The van der Waals surface area contributed by atoms with E-state index in [2.05, 4.69) is 11.9 Å². The van der Waals surface area contributed by atoms with Crippen LogP contribution in [0.4, 0.5) is 5.69 Å². The lowest BCUT2D eigenvalue weighted by atomic mass is 10.1. The van der Waals surface area contributed by atoms with E-state index >= 15 is 0 Å². The van der Waals surface area contributed by atoms with Crippen LogP contribution in [0.25, 0.3) is 0 Å². The molecule has 0 aromatic heterocycles. The number of carbonyl (C=O) groups excluding carboxylic acids is 2. The number of hydrogen-bond acceptors (Lipinski definition) is 4. The minimum Gasteiger partial charge on any atom is -0.478 e. The largest absolute Gasteiger partial charge is 0.478 e. The molecule has 6 nitrogen and oxygen atoms in total. The molecular formula is C13H12N2O4. The maximum Gasteiger partial charge on any atom is 0.332 e. The van der Waals surface area contributed by atoms with Gasteiger partial charge in [0.1, 0.15) is 0 Å². The number of fused-ring (bicyclic) bond motifs is 1. The molecular weight excluding hydrogens is 248 g/mol. The van der Waals surface area contributed by atoms with Crippen molar-refractivity contribution in [2.45, 2.75) is 0 Å². The molecule has 1 aromatic rings. The van der Waals surface area contributed by atoms with Crippen LogP contribution in [0.3, 0.4) is 0 Å². The van der Waals surface area contributed by atoms with Crippen LogP contribution in [-0.2, 0) is 4.79 Å². The highest BCUT2D eigenvalue weighted by molar-refractivity contribution is 6.21. The predicted octanol–water partition coefficient (Wildman–Crippen LogP) is 0.965. The monoisotopic (exact) mass is 260 g/mol. The number of carboxylic acid groups (broad SMARTS) is 1. The molecule has 0 bridgehead atoms. The van der Waals surface area contributed by atoms with Crippen molar-refractivity contribution >= 4 is 23.5 Å². The average molecular weight is 260 g/mol. The second kappa shape index (κ2) is 4.56. The van der Waals surface area contributed by atoms with Crippen LogP contribution in [0.1, 0.15) is 20.7 Å². The molecule has 0 saturated carbocycles. The molecule has 0 atom stereocenters. The van der Waals surface area contributed by atoms with Crippen molar-refractivity contribution in [3.8, 4) is 0 Å². The molecule has 0 unspecified atom stereocenters. The number of rotatable bonds is 4. The lowest BCUT2D eigenvalue weighted by Crippen LogP contribution is -2.24. The van der Waals surface area contributed by atoms with Gasteiger partial charge in [-0.3, -0.25) is 14.5 Å². The molecule has 0 radical (unpaired) electrons. The van der Waals surface area contributed by atoms with Gasteiger partial charge in [0.2, 0.25) is 0 Å². The standard InChI is InChI=1S/C13H12N2O4/c1-7(13(18)19)6-14-8-3-4-9-10(5-8)12(17)15(2)11(9)16/h3-5,14H,1,6H2,2H3,(H,18,19). The SMILES string of the molecule is C=C(CNc1ccc2c(c1)C(=O)N(C)C2=O)C(=O)O. The number of carboxylic acids is 1. The Balaban J connectivity index is 2.19. The number of benzene rings is 1. The van der Waals surface area contributed by atoms with Crippen LogP contribution in [0.5, 0.6) is 0 Å². The number of imide groups is 1. The van der Waals surface area contributed by atoms with Gasteiger partial charge in [-0.2, -0.15) is 0 Å². The van der Waals surface area contributed by atoms with Gasteiger partial charge in [-0.15, -0.1) is 0 Å². The zero-order chi connectivity index (χ0) is 14.2. The van der Waals surface area contributed by atoms with Gasteiger partial charge in [-0.25, -0.2) is 4.79 Å². The highest BCUT2D eigenvalue weighted by Crippen LogP contribution is 2.24. The van der Waals surface area contributed by atoms with Crippen molar-refractivity contribution in [1.29, 1.82) is 0 Å². The Morgan fingerprint density at radius 1 is 1.32 bits per heavy atom. The maximum atomic E-state index is 11.8. The van der Waals surface area contributed by atoms with Gasteiger partial charge in [0, 0.05) is 24.9 Å². The smallest absolute Gasteiger partial charge is 0.332 e. The lowest BCUT2D eigenvalue weighted by molar-refractivity contribution is -0.132. The second-order valence-corrected chi connectivity index (χ2v) is 4.19. The number of aliphatic carboxylic acids is 1. The topological polar surface area (TPSA) is 86.7 Å². The van der Waals surface area contributed by atoms with Crippen LogP contribution < -0.4 is 5.32 Å². The van der Waals surface area contributed by atoms with Gasteiger partial charge in [0.15, 0.2) is 0 Å². The first-order valence-corrected chi connectivity index (χ1v) is 5.53. The molecule has 2 amide bonds. The molecule has 1 heterocycles. The summed E-state index contributed by atoms with van der Waals surface area (Å²) in [5, 5.41) is 11.5. The first-order valence-electron chi connectivity index (χ1n) is 5.53. The van der Waals surface area contributed by atoms with E-state index in [1.165, 1.54) is 13.1 Å². The number of anilines is 1. The van der Waals surface area contributed by atoms with Crippen molar-refractivity contribution < 1.29 is 19.5 Å². The Kier molecular flexibility index (Phi) is 3.08. The normalized spacial score (nSPS) is 13.4. The van der Waals surface area contributed by atoms with Gasteiger partial charge in [-0.05, 0) is 18.2 Å². The first kappa shape index (κ1) is 12.8. The van der Waals surface area contributed by atoms with E-state index in [9.17, 15) is 14.4 Å². The van der Waals surface area contributed by atoms with Gasteiger partial charge >= 0.3 is 5.97 Å². The summed E-state index contributed by atoms with van der Waals surface area (Å²) in [7, 11) is 1.42. The lowest BCUT2D eigenvalue weighted by Gasteiger charge is -2.06. The highest BCUT2D eigenvalue weighted by atomic mass is 16.4. The van der Waals surface area contributed by atoms with Gasteiger partial charge in [-0.1, -0.05) is 6.58 Å². The highest BCUT2D eigenvalue weighted by Gasteiger charge is 2.32. The fourth-order valence-corrected chi connectivity index (χ4v) is 1.76. The van der Waals surface area contributed by atoms with Crippen LogP contribution in [0, 0.1) is 0 Å². The zero-order valence-electron chi connectivity index (χ0n) is 10.3. The van der Waals surface area contributed by atoms with Crippen molar-refractivity contribution in [3.05, 3.63) is 41.5 Å². The molecule has 2 rings (SSSR count). The summed E-state index contributed by atoms with van der Waals surface area (Å²) in [6, 6.07) is 4.71. The van der Waals surface area contributed by atoms with Crippen molar-refractivity contribution in [2.75, 3.05) is 18.9 Å². The molecule has 0 aliphatic carbocycles. The van der Waals surface area contributed by atoms with Crippen molar-refractivity contribution in [1.82, 2.24) is 4.90 Å². The fourth-order valence-electron chi connectivity index (χ4n) is 1.76. The van der Waals surface area contributed by atoms with E-state index in [1.54, 1.807) is 12.1 Å². The van der Waals surface area contributed by atoms with E-state index in [1.807, 2.05) is 0 Å². The van der Waals surface area contributed by atoms with Crippen LogP contribution in [0.2, 0.25) is 0 Å². The van der Waals surface area contributed by atoms with E-state index in [0.717, 1.165) is 4.90 Å². The van der Waals surface area contributed by atoms with Crippen molar-refractivity contribution in [3.63, 3.8) is 0 Å². The maximum absolute atomic E-state index is 11.8. The summed E-state index contributed by atoms with van der Waals surface area (Å²) in [5.41, 5.74) is 1.26. The Labute approximate surface area is 109 Å². The third-order valence-corrected chi connectivity index (χ3v) is 2.90. The summed E-state index contributed by atoms with van der Waals surface area (Å²) in [6.45, 7) is 3.45. The van der Waals surface area contributed by atoms with E-state index in [4.69, 9.17) is 5.11 Å². The minimum atomic E-state index is -1.08. The second-order valence-electron chi connectivity index (χ2n) is 4.19. The molecule has 0 fully saturated rings. The fraction of sp³-hybridized carbons (Fsp3) is 0.154. The molecule has 0 spiro atoms. The van der Waals surface area contributed by atoms with Crippen LogP contribution in [-0.4, -0.2) is 41.4 Å². The zero-order valence-corrected chi connectivity index (χ0v) is 10.3. The van der Waals surface area contributed by atoms with Crippen LogP contribution in [0.15, 0.2) is 30.4 Å². The molecule has 1 aromatic carbocycles. The Hall–Kier alpha value is -2.63. The number of carbonyl (C=O) groups is 3. The molecule has 98 valence electrons. The van der Waals surface area contributed by atoms with Gasteiger partial charge in [0.05, 0.1) is 11.1 Å². The molecule has 0 saturated heterocycles. The van der Waals surface area contributed by atoms with Crippen LogP contribution >= 0.6 is 0 Å². The number of nitrogens with one attached hydrogen (secondary N) is 1.